The molecule has 1 aromatic carbocycles. The van der Waals surface area contributed by atoms with Crippen LogP contribution in [0.25, 0.3) is 0 Å². The van der Waals surface area contributed by atoms with Gasteiger partial charge < -0.3 is 20.5 Å². The van der Waals surface area contributed by atoms with Crippen molar-refractivity contribution in [3.05, 3.63) is 23.8 Å². The van der Waals surface area contributed by atoms with Crippen molar-refractivity contribution < 1.29 is 14.3 Å². The van der Waals surface area contributed by atoms with Gasteiger partial charge in [-0.15, -0.1) is 12.3 Å². The summed E-state index contributed by atoms with van der Waals surface area (Å²) in [6, 6.07) is 4.67. The maximum atomic E-state index is 11.7. The van der Waals surface area contributed by atoms with Crippen molar-refractivity contribution in [3.8, 4) is 23.8 Å². The number of terminal acetylenes is 1. The van der Waals surface area contributed by atoms with Crippen molar-refractivity contribution in [2.75, 3.05) is 14.2 Å². The van der Waals surface area contributed by atoms with Gasteiger partial charge in [0.15, 0.2) is 0 Å². The first-order valence-electron chi connectivity index (χ1n) is 5.80. The number of carbonyl (C=O) groups is 1. The van der Waals surface area contributed by atoms with E-state index in [1.54, 1.807) is 32.4 Å². The van der Waals surface area contributed by atoms with Gasteiger partial charge in [-0.1, -0.05) is 0 Å². The molecule has 0 saturated heterocycles. The Kier molecular flexibility index (Phi) is 5.71. The highest BCUT2D eigenvalue weighted by atomic mass is 16.5. The topological polar surface area (TPSA) is 73.6 Å². The van der Waals surface area contributed by atoms with E-state index in [1.807, 2.05) is 0 Å². The van der Waals surface area contributed by atoms with E-state index in [9.17, 15) is 4.79 Å². The number of nitrogens with two attached hydrogens (primary N) is 1. The van der Waals surface area contributed by atoms with Gasteiger partial charge in [0.05, 0.1) is 20.3 Å². The van der Waals surface area contributed by atoms with Crippen LogP contribution in [0.5, 0.6) is 11.5 Å². The number of hydrogen-bond acceptors (Lipinski definition) is 4. The molecule has 1 unspecified atom stereocenters. The van der Waals surface area contributed by atoms with E-state index >= 15 is 0 Å². The smallest absolute Gasteiger partial charge is 0.238 e. The third kappa shape index (κ3) is 4.19. The summed E-state index contributed by atoms with van der Waals surface area (Å²) in [6.45, 7) is 0.303. The van der Waals surface area contributed by atoms with Crippen LogP contribution in [0.15, 0.2) is 18.2 Å². The maximum Gasteiger partial charge on any atom is 0.238 e. The number of ether oxygens (including phenoxy) is 2. The van der Waals surface area contributed by atoms with E-state index < -0.39 is 6.04 Å². The molecule has 19 heavy (non-hydrogen) atoms. The minimum atomic E-state index is -0.693. The van der Waals surface area contributed by atoms with Crippen LogP contribution in [0.3, 0.4) is 0 Å². The van der Waals surface area contributed by atoms with Crippen molar-refractivity contribution >= 4 is 5.91 Å². The fourth-order valence-electron chi connectivity index (χ4n) is 1.55. The molecule has 5 heteroatoms. The molecular weight excluding hydrogens is 244 g/mol. The zero-order chi connectivity index (χ0) is 14.3. The normalized spacial score (nSPS) is 11.3. The van der Waals surface area contributed by atoms with Crippen LogP contribution in [0, 0.1) is 12.3 Å². The molecule has 1 aromatic rings. The summed E-state index contributed by atoms with van der Waals surface area (Å²) in [6.07, 6.45) is 5.32. The van der Waals surface area contributed by atoms with Gasteiger partial charge in [-0.3, -0.25) is 4.79 Å². The highest BCUT2D eigenvalue weighted by Gasteiger charge is 2.13. The lowest BCUT2D eigenvalue weighted by Gasteiger charge is -2.13. The molecule has 1 rings (SSSR count). The summed E-state index contributed by atoms with van der Waals surface area (Å²) >= 11 is 0. The van der Waals surface area contributed by atoms with Gasteiger partial charge >= 0.3 is 0 Å². The van der Waals surface area contributed by atoms with Gasteiger partial charge in [0.1, 0.15) is 11.5 Å². The summed E-state index contributed by atoms with van der Waals surface area (Å²) in [7, 11) is 3.14. The van der Waals surface area contributed by atoms with Crippen LogP contribution in [-0.4, -0.2) is 26.2 Å². The van der Waals surface area contributed by atoms with E-state index in [0.717, 1.165) is 5.56 Å². The van der Waals surface area contributed by atoms with Crippen LogP contribution in [-0.2, 0) is 11.3 Å². The molecule has 0 aromatic heterocycles. The summed E-state index contributed by atoms with van der Waals surface area (Å²) < 4.78 is 10.3. The quantitative estimate of drug-likeness (QED) is 0.739. The Balaban J connectivity index is 2.71. The van der Waals surface area contributed by atoms with Crippen LogP contribution < -0.4 is 20.5 Å². The van der Waals surface area contributed by atoms with Gasteiger partial charge in [0.25, 0.3) is 0 Å². The second-order valence-electron chi connectivity index (χ2n) is 3.91. The summed E-state index contributed by atoms with van der Waals surface area (Å²) in [4.78, 5) is 11.7. The van der Waals surface area contributed by atoms with Crippen LogP contribution >= 0.6 is 0 Å². The molecule has 0 heterocycles. The lowest BCUT2D eigenvalue weighted by molar-refractivity contribution is -0.122. The molecule has 0 spiro atoms. The van der Waals surface area contributed by atoms with Gasteiger partial charge in [0.2, 0.25) is 5.91 Å². The molecule has 1 amide bonds. The van der Waals surface area contributed by atoms with Crippen molar-refractivity contribution in [2.24, 2.45) is 5.73 Å². The van der Waals surface area contributed by atoms with Gasteiger partial charge in [-0.2, -0.15) is 0 Å². The summed E-state index contributed by atoms with van der Waals surface area (Å²) in [5, 5.41) is 2.71. The first kappa shape index (κ1) is 14.9. The Morgan fingerprint density at radius 2 is 2.21 bits per heavy atom. The number of rotatable bonds is 6. The number of methoxy groups -OCH3 is 2. The highest BCUT2D eigenvalue weighted by molar-refractivity contribution is 5.81. The Hall–Kier alpha value is -2.19. The molecule has 0 aliphatic carbocycles. The van der Waals surface area contributed by atoms with Crippen molar-refractivity contribution in [1.82, 2.24) is 5.32 Å². The standard InChI is InChI=1S/C14H18N2O3/c1-4-5-12(15)14(17)16-9-10-8-11(18-2)6-7-13(10)19-3/h1,6-8,12H,5,9,15H2,2-3H3,(H,16,17). The third-order valence-electron chi connectivity index (χ3n) is 2.62. The lowest BCUT2D eigenvalue weighted by atomic mass is 10.1. The Morgan fingerprint density at radius 3 is 2.79 bits per heavy atom. The SMILES string of the molecule is C#CCC(N)C(=O)NCc1cc(OC)ccc1OC. The highest BCUT2D eigenvalue weighted by Crippen LogP contribution is 2.23. The first-order chi connectivity index (χ1) is 9.12. The summed E-state index contributed by atoms with van der Waals surface area (Å²) in [5.74, 6) is 3.43. The predicted molar refractivity (Wildman–Crippen MR) is 72.8 cm³/mol. The fourth-order valence-corrected chi connectivity index (χ4v) is 1.55. The average molecular weight is 262 g/mol. The Morgan fingerprint density at radius 1 is 1.47 bits per heavy atom. The zero-order valence-electron chi connectivity index (χ0n) is 11.1. The first-order valence-corrected chi connectivity index (χ1v) is 5.80. The zero-order valence-corrected chi connectivity index (χ0v) is 11.1. The Bertz CT molecular complexity index is 480. The van der Waals surface area contributed by atoms with E-state index in [0.29, 0.717) is 18.0 Å². The van der Waals surface area contributed by atoms with Gasteiger partial charge in [-0.25, -0.2) is 0 Å². The average Bonchev–Trinajstić information content (AvgIpc) is 2.44. The van der Waals surface area contributed by atoms with Crippen LogP contribution in [0.1, 0.15) is 12.0 Å². The molecule has 0 saturated carbocycles. The summed E-state index contributed by atoms with van der Waals surface area (Å²) in [5.41, 5.74) is 6.42. The number of nitrogens with one attached hydrogen (secondary N) is 1. The van der Waals surface area contributed by atoms with Crippen molar-refractivity contribution in [3.63, 3.8) is 0 Å². The molecule has 0 fully saturated rings. The molecule has 1 atom stereocenters. The molecule has 0 aliphatic heterocycles. The van der Waals surface area contributed by atoms with E-state index in [2.05, 4.69) is 11.2 Å². The molecule has 3 N–H and O–H groups in total. The van der Waals surface area contributed by atoms with E-state index in [-0.39, 0.29) is 12.3 Å². The lowest BCUT2D eigenvalue weighted by Crippen LogP contribution is -2.39. The Labute approximate surface area is 113 Å². The van der Waals surface area contributed by atoms with E-state index in [4.69, 9.17) is 21.6 Å². The molecule has 102 valence electrons. The van der Waals surface area contributed by atoms with Crippen molar-refractivity contribution in [2.45, 2.75) is 19.0 Å². The molecular formula is C14H18N2O3. The van der Waals surface area contributed by atoms with Crippen LogP contribution in [0.4, 0.5) is 0 Å². The van der Waals surface area contributed by atoms with Gasteiger partial charge in [0, 0.05) is 18.5 Å². The van der Waals surface area contributed by atoms with E-state index in [1.165, 1.54) is 0 Å². The minimum Gasteiger partial charge on any atom is -0.497 e. The molecule has 0 bridgehead atoms. The monoisotopic (exact) mass is 262 g/mol. The second kappa shape index (κ2) is 7.29. The molecule has 5 nitrogen and oxygen atoms in total. The van der Waals surface area contributed by atoms with Crippen LogP contribution in [0.2, 0.25) is 0 Å². The maximum absolute atomic E-state index is 11.7. The number of carbonyl (C=O) groups excluding carboxylic acids is 1. The second-order valence-corrected chi connectivity index (χ2v) is 3.91. The number of amides is 1. The van der Waals surface area contributed by atoms with Gasteiger partial charge in [-0.05, 0) is 18.2 Å². The largest absolute Gasteiger partial charge is 0.497 e. The minimum absolute atomic E-state index is 0.209. The molecule has 0 radical (unpaired) electrons. The number of benzene rings is 1. The predicted octanol–water partition coefficient (Wildman–Crippen LogP) is 0.671. The number of hydrogen-bond donors (Lipinski definition) is 2. The van der Waals surface area contributed by atoms with Crippen molar-refractivity contribution in [1.29, 1.82) is 0 Å². The third-order valence-corrected chi connectivity index (χ3v) is 2.62. The fraction of sp³-hybridized carbons (Fsp3) is 0.357. The molecule has 0 aliphatic rings.